The zero-order valence-corrected chi connectivity index (χ0v) is 17.1. The number of amides is 1. The average Bonchev–Trinajstić information content (AvgIpc) is 2.92. The van der Waals surface area contributed by atoms with Crippen LogP contribution in [0, 0.1) is 0 Å². The molecular weight excluding hydrogens is 344 g/mol. The van der Waals surface area contributed by atoms with Gasteiger partial charge in [-0.05, 0) is 62.7 Å². The number of rotatable bonds is 9. The summed E-state index contributed by atoms with van der Waals surface area (Å²) in [7, 11) is 0. The van der Waals surface area contributed by atoms with Crippen LogP contribution in [0.4, 0.5) is 5.69 Å². The van der Waals surface area contributed by atoms with Crippen molar-refractivity contribution in [3.63, 3.8) is 0 Å². The van der Waals surface area contributed by atoms with Crippen molar-refractivity contribution in [3.05, 3.63) is 35.6 Å². The van der Waals surface area contributed by atoms with Crippen LogP contribution in [-0.4, -0.2) is 35.1 Å². The average molecular weight is 375 g/mol. The number of ether oxygens (including phenoxy) is 1. The molecule has 1 aromatic carbocycles. The lowest BCUT2D eigenvalue weighted by molar-refractivity contribution is -0.124. The van der Waals surface area contributed by atoms with Gasteiger partial charge < -0.3 is 9.64 Å². The first-order valence-corrected chi connectivity index (χ1v) is 10.1. The molecule has 1 saturated heterocycles. The van der Waals surface area contributed by atoms with E-state index in [1.807, 2.05) is 12.1 Å². The number of carbonyl (C=O) groups excluding carboxylic acids is 1. The Labute approximate surface area is 162 Å². The fourth-order valence-corrected chi connectivity index (χ4v) is 3.59. The molecule has 0 radical (unpaired) electrons. The Balaban J connectivity index is 2.16. The van der Waals surface area contributed by atoms with Gasteiger partial charge in [0, 0.05) is 24.8 Å². The van der Waals surface area contributed by atoms with E-state index in [-0.39, 0.29) is 17.1 Å². The first-order valence-electron chi connectivity index (χ1n) is 9.67. The van der Waals surface area contributed by atoms with Crippen LogP contribution in [0.3, 0.4) is 0 Å². The molecule has 0 aliphatic carbocycles. The van der Waals surface area contributed by atoms with Crippen molar-refractivity contribution < 1.29 is 9.53 Å². The number of benzene rings is 1. The summed E-state index contributed by atoms with van der Waals surface area (Å²) in [6.45, 7) is 10.5. The molecule has 4 nitrogen and oxygen atoms in total. The summed E-state index contributed by atoms with van der Waals surface area (Å²) in [4.78, 5) is 16.7. The highest BCUT2D eigenvalue weighted by Crippen LogP contribution is 2.26. The largest absolute Gasteiger partial charge is 0.426 e. The number of carbonyl (C=O) groups is 1. The van der Waals surface area contributed by atoms with Gasteiger partial charge in [0.1, 0.15) is 0 Å². The van der Waals surface area contributed by atoms with Crippen LogP contribution in [0.25, 0.3) is 6.08 Å². The van der Waals surface area contributed by atoms with Crippen LogP contribution in [0.5, 0.6) is 0 Å². The minimum Gasteiger partial charge on any atom is -0.426 e. The van der Waals surface area contributed by atoms with Crippen molar-refractivity contribution in [3.8, 4) is 0 Å². The van der Waals surface area contributed by atoms with Gasteiger partial charge >= 0.3 is 0 Å². The van der Waals surface area contributed by atoms with Crippen LogP contribution >= 0.6 is 12.2 Å². The Morgan fingerprint density at radius 2 is 1.81 bits per heavy atom. The fourth-order valence-electron chi connectivity index (χ4n) is 3.27. The fraction of sp³-hybridized carbons (Fsp3) is 0.524. The highest BCUT2D eigenvalue weighted by Gasteiger charge is 2.37. The number of unbranched alkanes of at least 4 members (excludes halogenated alkanes) is 1. The van der Waals surface area contributed by atoms with Crippen molar-refractivity contribution >= 4 is 35.1 Å². The third-order valence-corrected chi connectivity index (χ3v) is 5.15. The molecule has 0 saturated carbocycles. The third kappa shape index (κ3) is 4.64. The minimum absolute atomic E-state index is 0.117. The predicted molar refractivity (Wildman–Crippen MR) is 112 cm³/mol. The molecule has 1 heterocycles. The molecule has 142 valence electrons. The van der Waals surface area contributed by atoms with Gasteiger partial charge in [-0.2, -0.15) is 0 Å². The van der Waals surface area contributed by atoms with Crippen LogP contribution in [0.15, 0.2) is 30.0 Å². The Bertz CT molecular complexity index is 650. The zero-order valence-electron chi connectivity index (χ0n) is 16.3. The van der Waals surface area contributed by atoms with Crippen LogP contribution < -0.4 is 4.90 Å². The molecule has 0 aromatic heterocycles. The predicted octanol–water partition coefficient (Wildman–Crippen LogP) is 4.99. The maximum atomic E-state index is 12.8. The summed E-state index contributed by atoms with van der Waals surface area (Å²) in [5.74, 6) is 0.200. The summed E-state index contributed by atoms with van der Waals surface area (Å²) in [5, 5.41) is 0.281. The Hall–Kier alpha value is -1.88. The lowest BCUT2D eigenvalue weighted by atomic mass is 10.1. The molecule has 1 aliphatic heterocycles. The maximum Gasteiger partial charge on any atom is 0.297 e. The van der Waals surface area contributed by atoms with E-state index < -0.39 is 0 Å². The summed E-state index contributed by atoms with van der Waals surface area (Å²) in [5.41, 5.74) is 2.12. The van der Waals surface area contributed by atoms with E-state index in [2.05, 4.69) is 44.7 Å². The standard InChI is InChI=1S/C21H30N2O2S/c1-5-9-10-17(6-2)23-20(24)19(25-21(23)26)15-16-11-13-18(14-12-16)22(7-3)8-4/h11-15,17H,5-10H2,1-4H3/b19-15+. The van der Waals surface area contributed by atoms with Crippen LogP contribution in [0.2, 0.25) is 0 Å². The molecule has 2 rings (SSSR count). The Morgan fingerprint density at radius 3 is 2.35 bits per heavy atom. The number of hydrogen-bond acceptors (Lipinski definition) is 4. The Morgan fingerprint density at radius 1 is 1.15 bits per heavy atom. The number of thiocarbonyl (C=S) groups is 1. The van der Waals surface area contributed by atoms with E-state index >= 15 is 0 Å². The Kier molecular flexibility index (Phi) is 7.64. The molecule has 26 heavy (non-hydrogen) atoms. The van der Waals surface area contributed by atoms with Gasteiger partial charge in [0.15, 0.2) is 5.76 Å². The van der Waals surface area contributed by atoms with E-state index in [9.17, 15) is 4.79 Å². The van der Waals surface area contributed by atoms with Crippen molar-refractivity contribution in [1.82, 2.24) is 4.90 Å². The monoisotopic (exact) mass is 374 g/mol. The smallest absolute Gasteiger partial charge is 0.297 e. The maximum absolute atomic E-state index is 12.8. The van der Waals surface area contributed by atoms with E-state index in [0.717, 1.165) is 44.3 Å². The molecule has 1 amide bonds. The summed E-state index contributed by atoms with van der Waals surface area (Å²) < 4.78 is 5.63. The van der Waals surface area contributed by atoms with Crippen LogP contribution in [-0.2, 0) is 9.53 Å². The number of anilines is 1. The highest BCUT2D eigenvalue weighted by molar-refractivity contribution is 7.80. The van der Waals surface area contributed by atoms with Gasteiger partial charge in [-0.15, -0.1) is 0 Å². The van der Waals surface area contributed by atoms with Crippen LogP contribution in [0.1, 0.15) is 58.9 Å². The normalized spacial score (nSPS) is 16.9. The number of hydrogen-bond donors (Lipinski definition) is 0. The quantitative estimate of drug-likeness (QED) is 0.450. The first kappa shape index (κ1) is 20.4. The molecular formula is C21H30N2O2S. The number of nitrogens with zero attached hydrogens (tertiary/aromatic N) is 2. The van der Waals surface area contributed by atoms with Gasteiger partial charge in [0.2, 0.25) is 0 Å². The molecule has 1 unspecified atom stereocenters. The third-order valence-electron chi connectivity index (χ3n) is 4.87. The molecule has 1 atom stereocenters. The molecule has 0 bridgehead atoms. The molecule has 1 fully saturated rings. The SMILES string of the molecule is CCCCC(CC)N1C(=O)/C(=C\c2ccc(N(CC)CC)cc2)OC1=S. The van der Waals surface area contributed by atoms with E-state index in [1.165, 1.54) is 5.69 Å². The lowest BCUT2D eigenvalue weighted by Crippen LogP contribution is -2.38. The summed E-state index contributed by atoms with van der Waals surface area (Å²) in [6.07, 6.45) is 5.80. The first-order chi connectivity index (χ1) is 12.5. The topological polar surface area (TPSA) is 32.8 Å². The van der Waals surface area contributed by atoms with E-state index in [0.29, 0.717) is 5.76 Å². The summed E-state index contributed by atoms with van der Waals surface area (Å²) >= 11 is 5.33. The lowest BCUT2D eigenvalue weighted by Gasteiger charge is -2.23. The molecule has 1 aliphatic rings. The molecule has 0 N–H and O–H groups in total. The van der Waals surface area contributed by atoms with E-state index in [4.69, 9.17) is 17.0 Å². The molecule has 0 spiro atoms. The second-order valence-corrected chi connectivity index (χ2v) is 6.87. The van der Waals surface area contributed by atoms with Gasteiger partial charge in [-0.1, -0.05) is 38.8 Å². The second kappa shape index (κ2) is 9.72. The second-order valence-electron chi connectivity index (χ2n) is 6.52. The van der Waals surface area contributed by atoms with Gasteiger partial charge in [-0.25, -0.2) is 0 Å². The summed E-state index contributed by atoms with van der Waals surface area (Å²) in [6, 6.07) is 8.29. The van der Waals surface area contributed by atoms with Gasteiger partial charge in [0.05, 0.1) is 0 Å². The van der Waals surface area contributed by atoms with Crippen molar-refractivity contribution in [2.24, 2.45) is 0 Å². The van der Waals surface area contributed by atoms with Crippen molar-refractivity contribution in [1.29, 1.82) is 0 Å². The van der Waals surface area contributed by atoms with Crippen molar-refractivity contribution in [2.75, 3.05) is 18.0 Å². The van der Waals surface area contributed by atoms with E-state index in [1.54, 1.807) is 11.0 Å². The van der Waals surface area contributed by atoms with Gasteiger partial charge in [0.25, 0.3) is 11.1 Å². The minimum atomic E-state index is -0.120. The molecule has 1 aromatic rings. The van der Waals surface area contributed by atoms with Crippen molar-refractivity contribution in [2.45, 2.75) is 59.4 Å². The zero-order chi connectivity index (χ0) is 19.1. The highest BCUT2D eigenvalue weighted by atomic mass is 32.1. The van der Waals surface area contributed by atoms with Gasteiger partial charge in [-0.3, -0.25) is 9.69 Å². The molecule has 5 heteroatoms.